The monoisotopic (exact) mass is 863 g/mol. The molecular formula is C61H102N2. The van der Waals surface area contributed by atoms with Crippen LogP contribution in [0.25, 0.3) is 0 Å². The van der Waals surface area contributed by atoms with Gasteiger partial charge in [0.2, 0.25) is 0 Å². The number of unbranched alkanes of at least 4 members (excludes halogenated alkanes) is 32. The number of nitrogens with zero attached hydrogens (tertiary/aromatic N) is 2. The minimum atomic E-state index is 0.972. The molecule has 0 amide bonds. The maximum Gasteiger partial charge on any atom is 0.0665 e. The van der Waals surface area contributed by atoms with Crippen molar-refractivity contribution in [3.63, 3.8) is 0 Å². The Labute approximate surface area is 393 Å². The Kier molecular flexibility index (Phi) is 39.8. The van der Waals surface area contributed by atoms with Crippen LogP contribution in [0.3, 0.4) is 0 Å². The van der Waals surface area contributed by atoms with Crippen molar-refractivity contribution in [3.8, 4) is 0 Å². The van der Waals surface area contributed by atoms with Gasteiger partial charge in [0.25, 0.3) is 0 Å². The van der Waals surface area contributed by atoms with Crippen LogP contribution >= 0.6 is 0 Å². The molecule has 0 bridgehead atoms. The van der Waals surface area contributed by atoms with Crippen molar-refractivity contribution < 1.29 is 0 Å². The van der Waals surface area contributed by atoms with Gasteiger partial charge in [0.15, 0.2) is 0 Å². The second-order valence-electron chi connectivity index (χ2n) is 19.1. The van der Waals surface area contributed by atoms with E-state index in [2.05, 4.69) is 99.8 Å². The number of hydrogen-bond acceptors (Lipinski definition) is 2. The van der Waals surface area contributed by atoms with Crippen LogP contribution in [0.5, 0.6) is 0 Å². The van der Waals surface area contributed by atoms with Crippen molar-refractivity contribution in [2.24, 2.45) is 9.98 Å². The van der Waals surface area contributed by atoms with E-state index in [1.807, 2.05) is 0 Å². The van der Waals surface area contributed by atoms with Crippen molar-refractivity contribution in [1.82, 2.24) is 0 Å². The molecule has 0 aliphatic carbocycles. The summed E-state index contributed by atoms with van der Waals surface area (Å²) in [6.45, 7) is 6.89. The number of para-hydroxylation sites is 2. The highest BCUT2D eigenvalue weighted by Gasteiger charge is 2.05. The van der Waals surface area contributed by atoms with E-state index >= 15 is 0 Å². The number of benzene rings is 2. The Hall–Kier alpha value is -2.74. The summed E-state index contributed by atoms with van der Waals surface area (Å²) in [4.78, 5) is 10.4. The first-order valence-electron chi connectivity index (χ1n) is 27.9. The number of allylic oxidation sites excluding steroid dienone is 4. The molecule has 0 aliphatic heterocycles. The molecule has 0 aliphatic rings. The van der Waals surface area contributed by atoms with Gasteiger partial charge in [-0.15, -0.1) is 0 Å². The quantitative estimate of drug-likeness (QED) is 0.0360. The minimum absolute atomic E-state index is 0.972. The van der Waals surface area contributed by atoms with E-state index in [0.717, 1.165) is 55.6 Å². The normalized spacial score (nSPS) is 12.3. The SMILES string of the molecule is CCCCCCCCCCCCCCCC/C=C/CCCc1ccccc1N=CC(CCCCC)=Nc1ccccc1CCC/C=C/CCCCCCCCCCCCCCCC. The number of hydrogen-bond donors (Lipinski definition) is 0. The third kappa shape index (κ3) is 34.3. The molecule has 0 spiro atoms. The summed E-state index contributed by atoms with van der Waals surface area (Å²) < 4.78 is 0. The highest BCUT2D eigenvalue weighted by molar-refractivity contribution is 6.31. The molecule has 63 heavy (non-hydrogen) atoms. The predicted octanol–water partition coefficient (Wildman–Crippen LogP) is 21.2. The average molecular weight is 864 g/mol. The van der Waals surface area contributed by atoms with Gasteiger partial charge in [0, 0.05) is 6.21 Å². The van der Waals surface area contributed by atoms with E-state index in [9.17, 15) is 0 Å². The highest BCUT2D eigenvalue weighted by Crippen LogP contribution is 2.24. The lowest BCUT2D eigenvalue weighted by Gasteiger charge is -2.08. The molecule has 2 aromatic rings. The van der Waals surface area contributed by atoms with Crippen LogP contribution in [0.1, 0.15) is 276 Å². The van der Waals surface area contributed by atoms with Crippen LogP contribution in [-0.4, -0.2) is 11.9 Å². The fraction of sp³-hybridized carbons (Fsp3) is 0.705. The van der Waals surface area contributed by atoms with E-state index in [1.165, 1.54) is 229 Å². The number of rotatable bonds is 45. The van der Waals surface area contributed by atoms with Crippen LogP contribution in [-0.2, 0) is 12.8 Å². The largest absolute Gasteiger partial charge is 0.255 e. The van der Waals surface area contributed by atoms with Crippen molar-refractivity contribution in [2.45, 2.75) is 278 Å². The van der Waals surface area contributed by atoms with Crippen molar-refractivity contribution in [2.75, 3.05) is 0 Å². The Bertz CT molecular complexity index is 1400. The van der Waals surface area contributed by atoms with Gasteiger partial charge in [-0.25, -0.2) is 0 Å². The summed E-state index contributed by atoms with van der Waals surface area (Å²) in [5.74, 6) is 0. The summed E-state index contributed by atoms with van der Waals surface area (Å²) in [6.07, 6.45) is 65.5. The lowest BCUT2D eigenvalue weighted by molar-refractivity contribution is 0.536. The zero-order valence-electron chi connectivity index (χ0n) is 42.2. The molecule has 2 nitrogen and oxygen atoms in total. The van der Waals surface area contributed by atoms with Gasteiger partial charge in [-0.2, -0.15) is 0 Å². The Morgan fingerprint density at radius 3 is 1.08 bits per heavy atom. The molecule has 0 atom stereocenters. The Morgan fingerprint density at radius 2 is 0.667 bits per heavy atom. The molecule has 0 heterocycles. The predicted molar refractivity (Wildman–Crippen MR) is 286 cm³/mol. The lowest BCUT2D eigenvalue weighted by atomic mass is 10.0. The minimum Gasteiger partial charge on any atom is -0.255 e. The standard InChI is InChI=1S/C61H102N2/c1-4-7-10-12-14-16-18-20-22-24-26-28-30-32-34-36-38-40-43-49-57-51-45-47-54-60(57)62-56-59(53-42-9-6-3)63-61-55-48-46-52-58(61)50-44-41-39-37-35-33-31-29-27-25-23-21-19-17-15-13-11-8-5-2/h36-39,45-48,51-52,54-56H,4-35,40-44,49-50,53H2,1-3H3/b38-36+,39-37+,62-56?,63-59?. The van der Waals surface area contributed by atoms with Gasteiger partial charge in [-0.05, 0) is 100 Å². The molecule has 0 unspecified atom stereocenters. The topological polar surface area (TPSA) is 24.7 Å². The molecule has 2 rings (SSSR count). The number of aliphatic imine (C=N–C) groups is 2. The van der Waals surface area contributed by atoms with Crippen LogP contribution < -0.4 is 0 Å². The maximum absolute atomic E-state index is 5.27. The van der Waals surface area contributed by atoms with E-state index in [4.69, 9.17) is 9.98 Å². The molecule has 0 saturated heterocycles. The second-order valence-corrected chi connectivity index (χ2v) is 19.1. The summed E-state index contributed by atoms with van der Waals surface area (Å²) in [5.41, 5.74) is 6.03. The van der Waals surface area contributed by atoms with E-state index in [-0.39, 0.29) is 0 Å². The van der Waals surface area contributed by atoms with Crippen LogP contribution in [0, 0.1) is 0 Å². The molecule has 2 heteroatoms. The first-order chi connectivity index (χ1) is 31.3. The third-order valence-electron chi connectivity index (χ3n) is 13.1. The molecule has 356 valence electrons. The summed E-state index contributed by atoms with van der Waals surface area (Å²) >= 11 is 0. The molecule has 0 fully saturated rings. The lowest BCUT2D eigenvalue weighted by Crippen LogP contribution is -2.01. The van der Waals surface area contributed by atoms with Gasteiger partial charge < -0.3 is 0 Å². The second kappa shape index (κ2) is 44.5. The van der Waals surface area contributed by atoms with Crippen molar-refractivity contribution in [3.05, 3.63) is 84.0 Å². The van der Waals surface area contributed by atoms with Crippen molar-refractivity contribution in [1.29, 1.82) is 0 Å². The maximum atomic E-state index is 5.27. The third-order valence-corrected chi connectivity index (χ3v) is 13.1. The highest BCUT2D eigenvalue weighted by atomic mass is 14.8. The molecular weight excluding hydrogens is 761 g/mol. The van der Waals surface area contributed by atoms with Gasteiger partial charge in [-0.1, -0.05) is 261 Å². The first kappa shape index (κ1) is 56.4. The Morgan fingerprint density at radius 1 is 0.349 bits per heavy atom. The van der Waals surface area contributed by atoms with E-state index in [1.54, 1.807) is 0 Å². The van der Waals surface area contributed by atoms with E-state index in [0.29, 0.717) is 0 Å². The van der Waals surface area contributed by atoms with Gasteiger partial charge in [0.05, 0.1) is 17.1 Å². The zero-order valence-corrected chi connectivity index (χ0v) is 42.2. The van der Waals surface area contributed by atoms with Gasteiger partial charge in [0.1, 0.15) is 0 Å². The average Bonchev–Trinajstić information content (AvgIpc) is 3.30. The summed E-state index contributed by atoms with van der Waals surface area (Å²) in [7, 11) is 0. The van der Waals surface area contributed by atoms with Crippen LogP contribution in [0.4, 0.5) is 11.4 Å². The zero-order chi connectivity index (χ0) is 44.8. The van der Waals surface area contributed by atoms with Crippen molar-refractivity contribution >= 4 is 23.3 Å². The van der Waals surface area contributed by atoms with Crippen LogP contribution in [0.2, 0.25) is 0 Å². The smallest absolute Gasteiger partial charge is 0.0665 e. The van der Waals surface area contributed by atoms with Gasteiger partial charge >= 0.3 is 0 Å². The summed E-state index contributed by atoms with van der Waals surface area (Å²) in [5, 5.41) is 0. The first-order valence-corrected chi connectivity index (χ1v) is 27.9. The molecule has 2 aromatic carbocycles. The molecule has 0 saturated carbocycles. The molecule has 0 radical (unpaired) electrons. The summed E-state index contributed by atoms with van der Waals surface area (Å²) in [6, 6.07) is 17.5. The number of aryl methyl sites for hydroxylation is 2. The molecule has 0 N–H and O–H groups in total. The van der Waals surface area contributed by atoms with E-state index < -0.39 is 0 Å². The Balaban J connectivity index is 1.67. The fourth-order valence-electron chi connectivity index (χ4n) is 8.89. The molecule has 0 aromatic heterocycles. The van der Waals surface area contributed by atoms with Crippen LogP contribution in [0.15, 0.2) is 82.8 Å². The van der Waals surface area contributed by atoms with Gasteiger partial charge in [-0.3, -0.25) is 9.98 Å². The fourth-order valence-corrected chi connectivity index (χ4v) is 8.89.